The van der Waals surface area contributed by atoms with E-state index in [1.807, 2.05) is 0 Å². The molecule has 10 heteroatoms. The lowest BCUT2D eigenvalue weighted by atomic mass is 10.1. The molecule has 0 aromatic heterocycles. The van der Waals surface area contributed by atoms with E-state index in [-0.39, 0.29) is 22.4 Å². The number of nitrogens with two attached hydrogens (primary N) is 2. The number of aliphatic imine (C=N–C) groups is 1. The van der Waals surface area contributed by atoms with Gasteiger partial charge >= 0.3 is 5.97 Å². The molecule has 0 saturated heterocycles. The summed E-state index contributed by atoms with van der Waals surface area (Å²) >= 11 is 17.1. The Morgan fingerprint density at radius 2 is 1.30 bits per heavy atom. The molecule has 0 fully saturated rings. The summed E-state index contributed by atoms with van der Waals surface area (Å²) in [5.74, 6) is -1.57. The quantitative estimate of drug-likeness (QED) is 0.0995. The minimum Gasteiger partial charge on any atom is -0.481 e. The van der Waals surface area contributed by atoms with Crippen molar-refractivity contribution in [2.45, 2.75) is 84.5 Å². The third-order valence-electron chi connectivity index (χ3n) is 4.26. The first kappa shape index (κ1) is 33.5. The maximum absolute atomic E-state index is 10.4. The van der Waals surface area contributed by atoms with Crippen LogP contribution in [0.2, 0.25) is 15.1 Å². The number of guanidine groups is 1. The second-order valence-electron chi connectivity index (χ2n) is 7.41. The average Bonchev–Trinajstić information content (AvgIpc) is 2.72. The van der Waals surface area contributed by atoms with Gasteiger partial charge in [-0.15, -0.1) is 0 Å². The molecule has 6 N–H and O–H groups in total. The van der Waals surface area contributed by atoms with Gasteiger partial charge in [-0.05, 0) is 18.1 Å². The molecule has 0 spiro atoms. The highest BCUT2D eigenvalue weighted by atomic mass is 35.5. The fraction of sp³-hybridized carbons (Fsp3) is 0.609. The molecule has 0 radical (unpaired) electrons. The lowest BCUT2D eigenvalue weighted by Crippen LogP contribution is -2.22. The largest absolute Gasteiger partial charge is 0.481 e. The standard InChI is InChI=1S/C13H29N3.C8H5Cl3O2.C2H4O2/c1-2-3-4-5-6-7-8-9-10-11-12-16-13(14)15;9-5-2-1-4(3-6(12)13)7(10)8(5)11;1-2(3)4/h2-12H2,1H3,(H4,14,15,16);1-2H,3H2,(H,12,13);1H3,(H,3,4). The van der Waals surface area contributed by atoms with Crippen LogP contribution in [0.5, 0.6) is 0 Å². The number of carboxylic acid groups (broad SMARTS) is 2. The van der Waals surface area contributed by atoms with Crippen molar-refractivity contribution in [2.75, 3.05) is 6.54 Å². The average molecular weight is 527 g/mol. The molecule has 0 atom stereocenters. The second kappa shape index (κ2) is 22.1. The Balaban J connectivity index is 0. The number of benzene rings is 1. The van der Waals surface area contributed by atoms with E-state index in [1.165, 1.54) is 63.9 Å². The van der Waals surface area contributed by atoms with E-state index in [0.717, 1.165) is 19.9 Å². The van der Waals surface area contributed by atoms with Crippen molar-refractivity contribution in [1.29, 1.82) is 0 Å². The predicted molar refractivity (Wildman–Crippen MR) is 139 cm³/mol. The van der Waals surface area contributed by atoms with Crippen molar-refractivity contribution in [2.24, 2.45) is 16.5 Å². The van der Waals surface area contributed by atoms with Crippen LogP contribution in [0.4, 0.5) is 0 Å². The Kier molecular flexibility index (Phi) is 22.4. The number of halogens is 3. The third-order valence-corrected chi connectivity index (χ3v) is 5.60. The molecule has 7 nitrogen and oxygen atoms in total. The first-order valence-electron chi connectivity index (χ1n) is 11.1. The molecule has 0 bridgehead atoms. The topological polar surface area (TPSA) is 139 Å². The summed E-state index contributed by atoms with van der Waals surface area (Å²) in [6.45, 7) is 4.13. The number of aliphatic carboxylic acids is 2. The molecule has 190 valence electrons. The highest BCUT2D eigenvalue weighted by Crippen LogP contribution is 2.32. The van der Waals surface area contributed by atoms with Gasteiger partial charge in [-0.3, -0.25) is 14.6 Å². The van der Waals surface area contributed by atoms with Crippen LogP contribution in [0, 0.1) is 0 Å². The molecule has 0 heterocycles. The zero-order valence-corrected chi connectivity index (χ0v) is 21.9. The fourth-order valence-electron chi connectivity index (χ4n) is 2.67. The summed E-state index contributed by atoms with van der Waals surface area (Å²) in [6.07, 6.45) is 13.3. The van der Waals surface area contributed by atoms with Crippen LogP contribution in [-0.4, -0.2) is 34.7 Å². The number of hydrogen-bond acceptors (Lipinski definition) is 3. The van der Waals surface area contributed by atoms with E-state index in [9.17, 15) is 4.79 Å². The minimum atomic E-state index is -0.958. The summed E-state index contributed by atoms with van der Waals surface area (Å²) in [5.41, 5.74) is 10.9. The molecule has 0 aliphatic rings. The van der Waals surface area contributed by atoms with Crippen molar-refractivity contribution in [1.82, 2.24) is 0 Å². The monoisotopic (exact) mass is 525 g/mol. The van der Waals surface area contributed by atoms with Crippen molar-refractivity contribution in [3.8, 4) is 0 Å². The van der Waals surface area contributed by atoms with Crippen LogP contribution in [-0.2, 0) is 16.0 Å². The van der Waals surface area contributed by atoms with Crippen molar-refractivity contribution >= 4 is 52.7 Å². The number of nitrogens with zero attached hydrogens (tertiary/aromatic N) is 1. The van der Waals surface area contributed by atoms with Gasteiger partial charge in [-0.25, -0.2) is 0 Å². The molecule has 1 aromatic carbocycles. The lowest BCUT2D eigenvalue weighted by Gasteiger charge is -2.03. The normalized spacial score (nSPS) is 9.73. The Hall–Kier alpha value is -1.70. The van der Waals surface area contributed by atoms with Gasteiger partial charge in [0, 0.05) is 13.5 Å². The predicted octanol–water partition coefficient (Wildman–Crippen LogP) is 6.55. The number of carboxylic acids is 2. The van der Waals surface area contributed by atoms with Gasteiger partial charge in [0.1, 0.15) is 0 Å². The fourth-order valence-corrected chi connectivity index (χ4v) is 3.29. The van der Waals surface area contributed by atoms with Gasteiger partial charge in [-0.2, -0.15) is 0 Å². The van der Waals surface area contributed by atoms with E-state index in [4.69, 9.17) is 61.3 Å². The van der Waals surface area contributed by atoms with Crippen LogP contribution in [0.25, 0.3) is 0 Å². The number of unbranched alkanes of at least 4 members (excludes halogenated alkanes) is 9. The van der Waals surface area contributed by atoms with E-state index in [2.05, 4.69) is 11.9 Å². The smallest absolute Gasteiger partial charge is 0.307 e. The molecule has 0 aliphatic carbocycles. The van der Waals surface area contributed by atoms with Crippen LogP contribution < -0.4 is 11.5 Å². The summed E-state index contributed by atoms with van der Waals surface area (Å²) in [5, 5.41) is 16.7. The number of hydrogen-bond donors (Lipinski definition) is 4. The molecular weight excluding hydrogens is 489 g/mol. The van der Waals surface area contributed by atoms with Gasteiger partial charge in [-0.1, -0.05) is 106 Å². The lowest BCUT2D eigenvalue weighted by molar-refractivity contribution is -0.136. The highest BCUT2D eigenvalue weighted by Gasteiger charge is 2.10. The summed E-state index contributed by atoms with van der Waals surface area (Å²) in [4.78, 5) is 23.3. The van der Waals surface area contributed by atoms with E-state index in [1.54, 1.807) is 6.07 Å². The van der Waals surface area contributed by atoms with Gasteiger partial charge < -0.3 is 21.7 Å². The van der Waals surface area contributed by atoms with Crippen molar-refractivity contribution in [3.63, 3.8) is 0 Å². The first-order valence-corrected chi connectivity index (χ1v) is 12.2. The van der Waals surface area contributed by atoms with Crippen molar-refractivity contribution < 1.29 is 19.8 Å². The SMILES string of the molecule is CC(=O)O.CCCCCCCCCCCCN=C(N)N.O=C(O)Cc1ccc(Cl)c(Cl)c1Cl. The summed E-state index contributed by atoms with van der Waals surface area (Å²) in [6, 6.07) is 3.07. The van der Waals surface area contributed by atoms with E-state index >= 15 is 0 Å². The van der Waals surface area contributed by atoms with Crippen LogP contribution >= 0.6 is 34.8 Å². The summed E-state index contributed by atoms with van der Waals surface area (Å²) < 4.78 is 0. The second-order valence-corrected chi connectivity index (χ2v) is 8.58. The van der Waals surface area contributed by atoms with Crippen molar-refractivity contribution in [3.05, 3.63) is 32.8 Å². The minimum absolute atomic E-state index is 0.157. The number of rotatable bonds is 13. The zero-order chi connectivity index (χ0) is 25.6. The van der Waals surface area contributed by atoms with Gasteiger partial charge in [0.25, 0.3) is 5.97 Å². The molecule has 0 aliphatic heterocycles. The first-order chi connectivity index (χ1) is 15.5. The van der Waals surface area contributed by atoms with E-state index in [0.29, 0.717) is 10.6 Å². The maximum Gasteiger partial charge on any atom is 0.307 e. The molecule has 1 aromatic rings. The Morgan fingerprint density at radius 3 is 1.73 bits per heavy atom. The third kappa shape index (κ3) is 23.3. The number of carbonyl (C=O) groups is 2. The van der Waals surface area contributed by atoms with Gasteiger partial charge in [0.2, 0.25) is 0 Å². The van der Waals surface area contributed by atoms with E-state index < -0.39 is 11.9 Å². The molecular formula is C23H38Cl3N3O4. The Labute approximate surface area is 212 Å². The van der Waals surface area contributed by atoms with Crippen LogP contribution in [0.15, 0.2) is 17.1 Å². The highest BCUT2D eigenvalue weighted by molar-refractivity contribution is 6.48. The maximum atomic E-state index is 10.4. The van der Waals surface area contributed by atoms with Gasteiger partial charge in [0.15, 0.2) is 5.96 Å². The Morgan fingerprint density at radius 1 is 0.848 bits per heavy atom. The van der Waals surface area contributed by atoms with Crippen LogP contribution in [0.1, 0.15) is 83.6 Å². The molecule has 1 rings (SSSR count). The van der Waals surface area contributed by atoms with Gasteiger partial charge in [0.05, 0.1) is 21.5 Å². The zero-order valence-electron chi connectivity index (χ0n) is 19.6. The van der Waals surface area contributed by atoms with Crippen LogP contribution in [0.3, 0.4) is 0 Å². The molecule has 33 heavy (non-hydrogen) atoms. The Bertz CT molecular complexity index is 708. The summed E-state index contributed by atoms with van der Waals surface area (Å²) in [7, 11) is 0. The molecule has 0 saturated carbocycles. The molecule has 0 unspecified atom stereocenters. The molecule has 0 amide bonds.